The lowest BCUT2D eigenvalue weighted by Gasteiger charge is -2.35. The second-order valence-corrected chi connectivity index (χ2v) is 7.40. The molecule has 0 unspecified atom stereocenters. The molecule has 0 aliphatic carbocycles. The van der Waals surface area contributed by atoms with Gasteiger partial charge in [-0.15, -0.1) is 0 Å². The summed E-state index contributed by atoms with van der Waals surface area (Å²) in [5.74, 6) is 1.00. The van der Waals surface area contributed by atoms with Gasteiger partial charge < -0.3 is 4.90 Å². The monoisotopic (exact) mass is 377 g/mol. The maximum atomic E-state index is 6.18. The van der Waals surface area contributed by atoms with Crippen molar-refractivity contribution in [2.24, 2.45) is 0 Å². The fourth-order valence-electron chi connectivity index (χ4n) is 3.80. The Kier molecular flexibility index (Phi) is 4.19. The number of benzene rings is 2. The van der Waals surface area contributed by atoms with Gasteiger partial charge in [-0.2, -0.15) is 0 Å². The number of nitrogens with zero attached hydrogens (tertiary/aromatic N) is 5. The van der Waals surface area contributed by atoms with E-state index in [1.807, 2.05) is 30.7 Å². The Morgan fingerprint density at radius 1 is 0.926 bits per heavy atom. The predicted octanol–water partition coefficient (Wildman–Crippen LogP) is 3.86. The van der Waals surface area contributed by atoms with Gasteiger partial charge in [0.25, 0.3) is 0 Å². The zero-order valence-electron chi connectivity index (χ0n) is 14.9. The minimum Gasteiger partial charge on any atom is -0.352 e. The van der Waals surface area contributed by atoms with Crippen molar-refractivity contribution in [3.05, 3.63) is 71.6 Å². The van der Waals surface area contributed by atoms with Crippen LogP contribution in [0.2, 0.25) is 5.02 Å². The van der Waals surface area contributed by atoms with Gasteiger partial charge in [0.05, 0.1) is 23.6 Å². The molecule has 136 valence electrons. The molecule has 2 aromatic heterocycles. The molecule has 1 fully saturated rings. The molecule has 1 aliphatic rings. The first kappa shape index (κ1) is 16.5. The summed E-state index contributed by atoms with van der Waals surface area (Å²) in [5.41, 5.74) is 4.32. The fraction of sp³-hybridized carbons (Fsp3) is 0.238. The van der Waals surface area contributed by atoms with E-state index in [1.165, 1.54) is 5.56 Å². The van der Waals surface area contributed by atoms with Crippen molar-refractivity contribution < 1.29 is 0 Å². The van der Waals surface area contributed by atoms with Crippen molar-refractivity contribution in [3.63, 3.8) is 0 Å². The molecule has 5 rings (SSSR count). The lowest BCUT2D eigenvalue weighted by atomic mass is 10.2. The molecule has 0 amide bonds. The second kappa shape index (κ2) is 6.83. The normalized spacial score (nSPS) is 15.7. The highest BCUT2D eigenvalue weighted by Crippen LogP contribution is 2.27. The lowest BCUT2D eigenvalue weighted by Crippen LogP contribution is -2.46. The Labute approximate surface area is 162 Å². The third-order valence-corrected chi connectivity index (χ3v) is 5.45. The summed E-state index contributed by atoms with van der Waals surface area (Å²) in [6.07, 6.45) is 3.73. The van der Waals surface area contributed by atoms with Crippen molar-refractivity contribution in [1.82, 2.24) is 19.3 Å². The van der Waals surface area contributed by atoms with Gasteiger partial charge in [-0.05, 0) is 23.8 Å². The number of rotatable bonds is 3. The van der Waals surface area contributed by atoms with Crippen LogP contribution in [0.4, 0.5) is 5.82 Å². The van der Waals surface area contributed by atoms with E-state index in [9.17, 15) is 0 Å². The van der Waals surface area contributed by atoms with Crippen LogP contribution in [0.3, 0.4) is 0 Å². The van der Waals surface area contributed by atoms with Gasteiger partial charge in [0.2, 0.25) is 0 Å². The minimum absolute atomic E-state index is 0.710. The Morgan fingerprint density at radius 3 is 2.56 bits per heavy atom. The lowest BCUT2D eigenvalue weighted by molar-refractivity contribution is 0.249. The van der Waals surface area contributed by atoms with E-state index in [4.69, 9.17) is 16.6 Å². The third kappa shape index (κ3) is 3.13. The molecule has 3 heterocycles. The average Bonchev–Trinajstić information content (AvgIpc) is 3.19. The molecule has 1 saturated heterocycles. The number of hydrogen-bond donors (Lipinski definition) is 0. The van der Waals surface area contributed by atoms with Gasteiger partial charge >= 0.3 is 0 Å². The van der Waals surface area contributed by atoms with Gasteiger partial charge in [-0.1, -0.05) is 41.9 Å². The smallest absolute Gasteiger partial charge is 0.155 e. The first-order valence-corrected chi connectivity index (χ1v) is 9.58. The molecule has 6 heteroatoms. The van der Waals surface area contributed by atoms with Crippen LogP contribution >= 0.6 is 11.6 Å². The molecule has 5 nitrogen and oxygen atoms in total. The summed E-state index contributed by atoms with van der Waals surface area (Å²) >= 11 is 6.18. The molecule has 0 saturated carbocycles. The molecular formula is C21H20ClN5. The summed E-state index contributed by atoms with van der Waals surface area (Å²) in [4.78, 5) is 14.2. The highest BCUT2D eigenvalue weighted by atomic mass is 35.5. The summed E-state index contributed by atoms with van der Waals surface area (Å²) < 4.78 is 2.08. The fourth-order valence-corrected chi connectivity index (χ4v) is 3.97. The highest BCUT2D eigenvalue weighted by Gasteiger charge is 2.21. The number of fused-ring (bicyclic) bond motifs is 3. The summed E-state index contributed by atoms with van der Waals surface area (Å²) in [6, 6.07) is 16.5. The summed E-state index contributed by atoms with van der Waals surface area (Å²) in [6.45, 7) is 4.96. The third-order valence-electron chi connectivity index (χ3n) is 5.21. The van der Waals surface area contributed by atoms with E-state index in [0.717, 1.165) is 55.1 Å². The van der Waals surface area contributed by atoms with Gasteiger partial charge in [0.15, 0.2) is 5.82 Å². The minimum atomic E-state index is 0.710. The number of aromatic nitrogens is 3. The Morgan fingerprint density at radius 2 is 1.74 bits per heavy atom. The Hall–Kier alpha value is -2.63. The zero-order valence-corrected chi connectivity index (χ0v) is 15.7. The maximum absolute atomic E-state index is 6.18. The van der Waals surface area contributed by atoms with Crippen LogP contribution in [0.5, 0.6) is 0 Å². The number of piperazine rings is 1. The maximum Gasteiger partial charge on any atom is 0.155 e. The number of anilines is 1. The highest BCUT2D eigenvalue weighted by molar-refractivity contribution is 6.31. The van der Waals surface area contributed by atoms with E-state index in [-0.39, 0.29) is 0 Å². The van der Waals surface area contributed by atoms with Gasteiger partial charge in [0.1, 0.15) is 5.52 Å². The van der Waals surface area contributed by atoms with Gasteiger partial charge in [-0.25, -0.2) is 9.97 Å². The first-order chi connectivity index (χ1) is 13.3. The molecule has 2 aromatic carbocycles. The molecule has 4 aromatic rings. The molecule has 0 atom stereocenters. The van der Waals surface area contributed by atoms with Crippen molar-refractivity contribution in [2.45, 2.75) is 6.54 Å². The predicted molar refractivity (Wildman–Crippen MR) is 109 cm³/mol. The van der Waals surface area contributed by atoms with Crippen LogP contribution < -0.4 is 4.90 Å². The van der Waals surface area contributed by atoms with E-state index in [2.05, 4.69) is 49.5 Å². The van der Waals surface area contributed by atoms with Crippen LogP contribution in [0.15, 0.2) is 61.1 Å². The Bertz CT molecular complexity index is 1080. The van der Waals surface area contributed by atoms with Crippen molar-refractivity contribution >= 4 is 34.0 Å². The molecule has 0 bridgehead atoms. The van der Waals surface area contributed by atoms with Crippen molar-refractivity contribution in [2.75, 3.05) is 31.1 Å². The molecule has 27 heavy (non-hydrogen) atoms. The Balaban J connectivity index is 1.41. The molecular weight excluding hydrogens is 358 g/mol. The van der Waals surface area contributed by atoms with Crippen LogP contribution in [0.25, 0.3) is 16.6 Å². The quantitative estimate of drug-likeness (QED) is 0.543. The van der Waals surface area contributed by atoms with Crippen molar-refractivity contribution in [1.29, 1.82) is 0 Å². The molecule has 0 spiro atoms. The van der Waals surface area contributed by atoms with Gasteiger partial charge in [0, 0.05) is 37.7 Å². The summed E-state index contributed by atoms with van der Waals surface area (Å²) in [5, 5.41) is 0.710. The first-order valence-electron chi connectivity index (χ1n) is 9.20. The topological polar surface area (TPSA) is 36.7 Å². The molecule has 0 radical (unpaired) electrons. The number of hydrogen-bond acceptors (Lipinski definition) is 4. The number of halogens is 1. The number of imidazole rings is 1. The largest absolute Gasteiger partial charge is 0.352 e. The van der Waals surface area contributed by atoms with Crippen LogP contribution in [-0.4, -0.2) is 45.4 Å². The van der Waals surface area contributed by atoms with Crippen LogP contribution in [-0.2, 0) is 6.54 Å². The van der Waals surface area contributed by atoms with Crippen molar-refractivity contribution in [3.8, 4) is 0 Å². The van der Waals surface area contributed by atoms with Crippen LogP contribution in [0, 0.1) is 0 Å². The van der Waals surface area contributed by atoms with E-state index >= 15 is 0 Å². The zero-order chi connectivity index (χ0) is 18.2. The average molecular weight is 378 g/mol. The second-order valence-electron chi connectivity index (χ2n) is 6.97. The molecule has 1 aliphatic heterocycles. The van der Waals surface area contributed by atoms with E-state index in [0.29, 0.717) is 5.02 Å². The SMILES string of the molecule is Clc1ccc2nc(N3CCN(Cc4ccccc4)CC3)c3cncn3c2c1. The van der Waals surface area contributed by atoms with E-state index in [1.54, 1.807) is 0 Å². The van der Waals surface area contributed by atoms with Gasteiger partial charge in [-0.3, -0.25) is 9.30 Å². The van der Waals surface area contributed by atoms with Crippen LogP contribution in [0.1, 0.15) is 5.56 Å². The standard InChI is InChI=1S/C21H20ClN5/c22-17-6-7-18-19(12-17)27-15-23-13-20(27)21(24-18)26-10-8-25(9-11-26)14-16-4-2-1-3-5-16/h1-7,12-13,15H,8-11,14H2. The molecule has 0 N–H and O–H groups in total. The van der Waals surface area contributed by atoms with E-state index < -0.39 is 0 Å². The summed E-state index contributed by atoms with van der Waals surface area (Å²) in [7, 11) is 0.